The van der Waals surface area contributed by atoms with Gasteiger partial charge in [-0.1, -0.05) is 50.5 Å². The fourth-order valence-corrected chi connectivity index (χ4v) is 2.45. The van der Waals surface area contributed by atoms with Gasteiger partial charge < -0.3 is 10.2 Å². The van der Waals surface area contributed by atoms with Crippen LogP contribution in [-0.2, 0) is 4.79 Å². The predicted octanol–water partition coefficient (Wildman–Crippen LogP) is 5.64. The average molecular weight is 325 g/mol. The number of carbonyl (C=O) groups is 1. The summed E-state index contributed by atoms with van der Waals surface area (Å²) in [7, 11) is 0. The molecule has 23 heavy (non-hydrogen) atoms. The van der Waals surface area contributed by atoms with Crippen LogP contribution in [0.4, 0.5) is 0 Å². The van der Waals surface area contributed by atoms with Gasteiger partial charge in [0.1, 0.15) is 0 Å². The fraction of sp³-hybridized carbons (Fsp3) is 0.750. The van der Waals surface area contributed by atoms with Gasteiger partial charge in [-0.05, 0) is 57.8 Å². The number of hydrogen-bond acceptors (Lipinski definition) is 2. The van der Waals surface area contributed by atoms with Crippen molar-refractivity contribution < 1.29 is 15.0 Å². The van der Waals surface area contributed by atoms with Crippen LogP contribution >= 0.6 is 0 Å². The molecule has 0 aliphatic rings. The molecule has 0 aliphatic carbocycles. The number of allylic oxidation sites excluding steroid dienone is 4. The Morgan fingerprint density at radius 2 is 1.35 bits per heavy atom. The third-order valence-corrected chi connectivity index (χ3v) is 3.89. The van der Waals surface area contributed by atoms with Gasteiger partial charge in [0.15, 0.2) is 0 Å². The summed E-state index contributed by atoms with van der Waals surface area (Å²) in [5, 5.41) is 18.3. The lowest BCUT2D eigenvalue weighted by atomic mass is 10.0. The minimum absolute atomic E-state index is 0.160. The van der Waals surface area contributed by atoms with Gasteiger partial charge in [-0.25, -0.2) is 0 Å². The van der Waals surface area contributed by atoms with Crippen LogP contribution in [0.3, 0.4) is 0 Å². The van der Waals surface area contributed by atoms with E-state index in [1.807, 2.05) is 0 Å². The highest BCUT2D eigenvalue weighted by molar-refractivity contribution is 5.66. The van der Waals surface area contributed by atoms with E-state index in [4.69, 9.17) is 5.11 Å². The van der Waals surface area contributed by atoms with Crippen molar-refractivity contribution in [1.82, 2.24) is 0 Å². The molecule has 1 atom stereocenters. The number of aliphatic hydroxyl groups is 1. The zero-order chi connectivity index (χ0) is 17.2. The first-order chi connectivity index (χ1) is 11.2. The molecule has 0 saturated carbocycles. The molecule has 0 fully saturated rings. The standard InChI is InChI=1S/C20H36O3/c1-2-3-4-5-6-7-8-9-10-11-12-13-14-16-19(21)17-15-18-20(22)23/h6-7,10-11,19,21H,2-5,8-9,12-18H2,1H3,(H,22,23)/b7-6-,11-10+/t19-/m1/s1. The first-order valence-electron chi connectivity index (χ1n) is 9.36. The number of carboxylic acid groups (broad SMARTS) is 1. The molecule has 0 aromatic carbocycles. The highest BCUT2D eigenvalue weighted by atomic mass is 16.4. The largest absolute Gasteiger partial charge is 0.481 e. The third-order valence-electron chi connectivity index (χ3n) is 3.89. The van der Waals surface area contributed by atoms with Crippen LogP contribution in [0.1, 0.15) is 90.4 Å². The zero-order valence-electron chi connectivity index (χ0n) is 14.9. The summed E-state index contributed by atoms with van der Waals surface area (Å²) in [6.07, 6.45) is 21.4. The summed E-state index contributed by atoms with van der Waals surface area (Å²) in [4.78, 5) is 10.4. The van der Waals surface area contributed by atoms with Crippen LogP contribution < -0.4 is 0 Å². The molecule has 0 amide bonds. The second-order valence-electron chi connectivity index (χ2n) is 6.24. The van der Waals surface area contributed by atoms with E-state index in [1.54, 1.807) is 0 Å². The van der Waals surface area contributed by atoms with Gasteiger partial charge in [0.05, 0.1) is 6.10 Å². The second kappa shape index (κ2) is 17.3. The molecule has 0 radical (unpaired) electrons. The predicted molar refractivity (Wildman–Crippen MR) is 97.6 cm³/mol. The summed E-state index contributed by atoms with van der Waals surface area (Å²) < 4.78 is 0. The lowest BCUT2D eigenvalue weighted by molar-refractivity contribution is -0.137. The van der Waals surface area contributed by atoms with Gasteiger partial charge in [-0.15, -0.1) is 0 Å². The molecular weight excluding hydrogens is 288 g/mol. The first-order valence-corrected chi connectivity index (χ1v) is 9.36. The number of aliphatic carboxylic acids is 1. The minimum Gasteiger partial charge on any atom is -0.481 e. The third kappa shape index (κ3) is 18.9. The molecule has 0 aromatic rings. The number of carboxylic acids is 1. The monoisotopic (exact) mass is 324 g/mol. The lowest BCUT2D eigenvalue weighted by Gasteiger charge is -2.08. The molecule has 0 aromatic heterocycles. The Labute approximate surface area is 142 Å². The summed E-state index contributed by atoms with van der Waals surface area (Å²) in [5.41, 5.74) is 0. The van der Waals surface area contributed by atoms with Crippen molar-refractivity contribution in [2.45, 2.75) is 96.5 Å². The molecule has 0 rings (SSSR count). The molecule has 0 unspecified atom stereocenters. The van der Waals surface area contributed by atoms with Crippen molar-refractivity contribution in [2.75, 3.05) is 0 Å². The van der Waals surface area contributed by atoms with Gasteiger partial charge in [0, 0.05) is 6.42 Å². The maximum Gasteiger partial charge on any atom is 0.303 e. The Morgan fingerprint density at radius 3 is 1.91 bits per heavy atom. The zero-order valence-corrected chi connectivity index (χ0v) is 14.9. The van der Waals surface area contributed by atoms with Crippen LogP contribution in [0.5, 0.6) is 0 Å². The Kier molecular flexibility index (Phi) is 16.4. The minimum atomic E-state index is -0.779. The molecule has 0 bridgehead atoms. The molecular formula is C20H36O3. The Hall–Kier alpha value is -1.09. The molecule has 0 spiro atoms. The number of unbranched alkanes of at least 4 members (excludes halogenated alkanes) is 6. The number of rotatable bonds is 16. The van der Waals surface area contributed by atoms with Crippen LogP contribution in [-0.4, -0.2) is 22.3 Å². The normalized spacial score (nSPS) is 13.1. The van der Waals surface area contributed by atoms with Crippen molar-refractivity contribution in [2.24, 2.45) is 0 Å². The van der Waals surface area contributed by atoms with E-state index < -0.39 is 5.97 Å². The van der Waals surface area contributed by atoms with E-state index in [-0.39, 0.29) is 12.5 Å². The summed E-state index contributed by atoms with van der Waals surface area (Å²) in [6.45, 7) is 2.23. The molecule has 0 saturated heterocycles. The van der Waals surface area contributed by atoms with Gasteiger partial charge >= 0.3 is 5.97 Å². The topological polar surface area (TPSA) is 57.5 Å². The summed E-state index contributed by atoms with van der Waals surface area (Å²) >= 11 is 0. The molecule has 0 heterocycles. The fourth-order valence-electron chi connectivity index (χ4n) is 2.45. The summed E-state index contributed by atoms with van der Waals surface area (Å²) in [6, 6.07) is 0. The molecule has 2 N–H and O–H groups in total. The van der Waals surface area contributed by atoms with Gasteiger partial charge in [-0.2, -0.15) is 0 Å². The van der Waals surface area contributed by atoms with Crippen LogP contribution in [0.15, 0.2) is 24.3 Å². The van der Waals surface area contributed by atoms with Crippen molar-refractivity contribution in [3.05, 3.63) is 24.3 Å². The van der Waals surface area contributed by atoms with Crippen molar-refractivity contribution in [3.8, 4) is 0 Å². The smallest absolute Gasteiger partial charge is 0.303 e. The molecule has 0 aliphatic heterocycles. The Balaban J connectivity index is 3.32. The Bertz CT molecular complexity index is 321. The highest BCUT2D eigenvalue weighted by Gasteiger charge is 2.05. The maximum absolute atomic E-state index is 10.4. The van der Waals surface area contributed by atoms with Crippen molar-refractivity contribution in [1.29, 1.82) is 0 Å². The van der Waals surface area contributed by atoms with E-state index >= 15 is 0 Å². The van der Waals surface area contributed by atoms with E-state index in [2.05, 4.69) is 31.2 Å². The van der Waals surface area contributed by atoms with Crippen LogP contribution in [0, 0.1) is 0 Å². The SMILES string of the molecule is CCCCC/C=C\CC/C=C/CCCC[C@@H](O)CCCC(=O)O. The van der Waals surface area contributed by atoms with Crippen molar-refractivity contribution in [3.63, 3.8) is 0 Å². The molecule has 3 nitrogen and oxygen atoms in total. The van der Waals surface area contributed by atoms with E-state index in [9.17, 15) is 9.90 Å². The number of aliphatic hydroxyl groups excluding tert-OH is 1. The van der Waals surface area contributed by atoms with E-state index in [0.717, 1.165) is 38.5 Å². The van der Waals surface area contributed by atoms with Crippen LogP contribution in [0.2, 0.25) is 0 Å². The maximum atomic E-state index is 10.4. The van der Waals surface area contributed by atoms with Crippen LogP contribution in [0.25, 0.3) is 0 Å². The first kappa shape index (κ1) is 21.9. The lowest BCUT2D eigenvalue weighted by Crippen LogP contribution is -2.07. The van der Waals surface area contributed by atoms with Gasteiger partial charge in [-0.3, -0.25) is 4.79 Å². The molecule has 134 valence electrons. The average Bonchev–Trinajstić information content (AvgIpc) is 2.51. The number of hydrogen-bond donors (Lipinski definition) is 2. The summed E-state index contributed by atoms with van der Waals surface area (Å²) in [5.74, 6) is -0.779. The van der Waals surface area contributed by atoms with E-state index in [1.165, 1.54) is 25.7 Å². The van der Waals surface area contributed by atoms with E-state index in [0.29, 0.717) is 12.8 Å². The quantitative estimate of drug-likeness (QED) is 0.285. The van der Waals surface area contributed by atoms with Crippen molar-refractivity contribution >= 4 is 5.97 Å². The van der Waals surface area contributed by atoms with Gasteiger partial charge in [0.2, 0.25) is 0 Å². The Morgan fingerprint density at radius 1 is 0.826 bits per heavy atom. The van der Waals surface area contributed by atoms with Gasteiger partial charge in [0.25, 0.3) is 0 Å². The molecule has 3 heteroatoms. The highest BCUT2D eigenvalue weighted by Crippen LogP contribution is 2.10. The second-order valence-corrected chi connectivity index (χ2v) is 6.24.